The fraction of sp³-hybridized carbons (Fsp3) is 0.636. The van der Waals surface area contributed by atoms with Crippen LogP contribution in [0.15, 0.2) is 24.3 Å². The Kier molecular flexibility index (Phi) is 7.89. The molecule has 0 spiro atoms. The highest BCUT2D eigenvalue weighted by Gasteiger charge is 2.36. The topological polar surface area (TPSA) is 65.1 Å². The number of nitrogens with zero attached hydrogens (tertiary/aromatic N) is 3. The van der Waals surface area contributed by atoms with Gasteiger partial charge in [-0.25, -0.2) is 0 Å². The molecule has 2 aliphatic heterocycles. The summed E-state index contributed by atoms with van der Waals surface area (Å²) in [4.78, 5) is 31.6. The Morgan fingerprint density at radius 3 is 2.59 bits per heavy atom. The van der Waals surface area contributed by atoms with E-state index in [1.165, 1.54) is 0 Å². The molecule has 0 bridgehead atoms. The highest BCUT2D eigenvalue weighted by Crippen LogP contribution is 2.32. The van der Waals surface area contributed by atoms with Gasteiger partial charge in [0, 0.05) is 45.7 Å². The average Bonchev–Trinajstić information content (AvgIpc) is 3.15. The number of hydrogen-bond donors (Lipinski definition) is 1. The molecule has 160 valence electrons. The molecule has 2 heterocycles. The van der Waals surface area contributed by atoms with E-state index in [2.05, 4.69) is 22.0 Å². The molecule has 1 aromatic carbocycles. The summed E-state index contributed by atoms with van der Waals surface area (Å²) in [5, 5.41) is 3.02. The van der Waals surface area contributed by atoms with E-state index in [1.807, 2.05) is 24.3 Å². The zero-order valence-corrected chi connectivity index (χ0v) is 17.7. The number of piperazine rings is 1. The van der Waals surface area contributed by atoms with Gasteiger partial charge in [0.25, 0.3) is 0 Å². The summed E-state index contributed by atoms with van der Waals surface area (Å²) in [6.07, 6.45) is 2.31. The molecule has 29 heavy (non-hydrogen) atoms. The molecular formula is C22H34N4O3. The molecule has 1 N–H and O–H groups in total. The summed E-state index contributed by atoms with van der Waals surface area (Å²) >= 11 is 0. The van der Waals surface area contributed by atoms with Crippen LogP contribution in [0.3, 0.4) is 0 Å². The van der Waals surface area contributed by atoms with Crippen LogP contribution in [0.2, 0.25) is 0 Å². The minimum Gasteiger partial charge on any atom is -0.495 e. The van der Waals surface area contributed by atoms with Crippen LogP contribution in [0.25, 0.3) is 0 Å². The molecule has 1 atom stereocenters. The number of carbonyl (C=O) groups is 2. The SMILES string of the molecule is CCN1CCN(CCCCNC(=O)C2CC(=O)N(c3ccccc3OC)C2)CC1. The summed E-state index contributed by atoms with van der Waals surface area (Å²) in [7, 11) is 1.59. The van der Waals surface area contributed by atoms with Crippen molar-refractivity contribution in [3.8, 4) is 5.75 Å². The summed E-state index contributed by atoms with van der Waals surface area (Å²) in [6.45, 7) is 10.1. The van der Waals surface area contributed by atoms with Gasteiger partial charge in [0.05, 0.1) is 18.7 Å². The first-order chi connectivity index (χ1) is 14.1. The number of likely N-dealkylation sites (N-methyl/N-ethyl adjacent to an activating group) is 1. The number of amides is 2. The number of para-hydroxylation sites is 2. The molecule has 1 unspecified atom stereocenters. The monoisotopic (exact) mass is 402 g/mol. The van der Waals surface area contributed by atoms with E-state index in [9.17, 15) is 9.59 Å². The minimum absolute atomic E-state index is 0.0210. The third-order valence-electron chi connectivity index (χ3n) is 5.98. The number of carbonyl (C=O) groups excluding carboxylic acids is 2. The molecule has 3 rings (SSSR count). The number of methoxy groups -OCH3 is 1. The number of rotatable bonds is 9. The molecule has 2 saturated heterocycles. The van der Waals surface area contributed by atoms with Crippen LogP contribution >= 0.6 is 0 Å². The molecule has 2 fully saturated rings. The fourth-order valence-electron chi connectivity index (χ4n) is 4.11. The number of hydrogen-bond acceptors (Lipinski definition) is 5. The Bertz CT molecular complexity index is 688. The first kappa shape index (κ1) is 21.6. The van der Waals surface area contributed by atoms with Crippen molar-refractivity contribution in [2.75, 3.05) is 64.4 Å². The highest BCUT2D eigenvalue weighted by molar-refractivity contribution is 6.01. The fourth-order valence-corrected chi connectivity index (χ4v) is 4.11. The average molecular weight is 403 g/mol. The number of unbranched alkanes of at least 4 members (excludes halogenated alkanes) is 1. The molecule has 0 aliphatic carbocycles. The third kappa shape index (κ3) is 5.70. The Hall–Kier alpha value is -2.12. The molecule has 0 saturated carbocycles. The van der Waals surface area contributed by atoms with E-state index in [0.29, 0.717) is 18.8 Å². The van der Waals surface area contributed by atoms with Crippen LogP contribution < -0.4 is 15.0 Å². The number of ether oxygens (including phenoxy) is 1. The standard InChI is InChI=1S/C22H34N4O3/c1-3-24-12-14-25(15-13-24)11-7-6-10-23-22(28)18-16-21(27)26(17-18)19-8-4-5-9-20(19)29-2/h4-5,8-9,18H,3,6-7,10-17H2,1-2H3,(H,23,28). The van der Waals surface area contributed by atoms with E-state index < -0.39 is 0 Å². The lowest BCUT2D eigenvalue weighted by Crippen LogP contribution is -2.46. The Labute approximate surface area is 174 Å². The van der Waals surface area contributed by atoms with E-state index in [1.54, 1.807) is 12.0 Å². The normalized spacial score (nSPS) is 20.8. The van der Waals surface area contributed by atoms with Crippen molar-refractivity contribution in [2.45, 2.75) is 26.2 Å². The van der Waals surface area contributed by atoms with Crippen molar-refractivity contribution in [2.24, 2.45) is 5.92 Å². The molecule has 7 nitrogen and oxygen atoms in total. The van der Waals surface area contributed by atoms with Crippen molar-refractivity contribution in [1.29, 1.82) is 0 Å². The van der Waals surface area contributed by atoms with Crippen LogP contribution in [0, 0.1) is 5.92 Å². The Balaban J connectivity index is 1.37. The Morgan fingerprint density at radius 2 is 1.86 bits per heavy atom. The zero-order chi connectivity index (χ0) is 20.6. The van der Waals surface area contributed by atoms with Crippen LogP contribution in [0.4, 0.5) is 5.69 Å². The van der Waals surface area contributed by atoms with Gasteiger partial charge in [-0.05, 0) is 38.1 Å². The van der Waals surface area contributed by atoms with Gasteiger partial charge in [-0.15, -0.1) is 0 Å². The predicted molar refractivity (Wildman–Crippen MR) is 114 cm³/mol. The van der Waals surface area contributed by atoms with E-state index in [-0.39, 0.29) is 24.2 Å². The van der Waals surface area contributed by atoms with Gasteiger partial charge < -0.3 is 24.8 Å². The second kappa shape index (κ2) is 10.6. The van der Waals surface area contributed by atoms with E-state index >= 15 is 0 Å². The van der Waals surface area contributed by atoms with Crippen LogP contribution in [-0.4, -0.2) is 81.1 Å². The molecule has 7 heteroatoms. The van der Waals surface area contributed by atoms with Crippen molar-refractivity contribution < 1.29 is 14.3 Å². The third-order valence-corrected chi connectivity index (χ3v) is 5.98. The molecule has 1 aromatic rings. The summed E-state index contributed by atoms with van der Waals surface area (Å²) in [5.74, 6) is 0.310. The van der Waals surface area contributed by atoms with Crippen LogP contribution in [-0.2, 0) is 9.59 Å². The zero-order valence-electron chi connectivity index (χ0n) is 17.7. The number of nitrogens with one attached hydrogen (secondary N) is 1. The van der Waals surface area contributed by atoms with Gasteiger partial charge in [-0.3, -0.25) is 9.59 Å². The second-order valence-corrected chi connectivity index (χ2v) is 7.85. The first-order valence-corrected chi connectivity index (χ1v) is 10.8. The second-order valence-electron chi connectivity index (χ2n) is 7.85. The summed E-state index contributed by atoms with van der Waals surface area (Å²) in [5.41, 5.74) is 0.735. The Morgan fingerprint density at radius 1 is 1.14 bits per heavy atom. The number of benzene rings is 1. The summed E-state index contributed by atoms with van der Waals surface area (Å²) in [6, 6.07) is 7.44. The van der Waals surface area contributed by atoms with Crippen molar-refractivity contribution in [3.05, 3.63) is 24.3 Å². The van der Waals surface area contributed by atoms with Gasteiger partial charge in [-0.1, -0.05) is 19.1 Å². The quantitative estimate of drug-likeness (QED) is 0.636. The molecule has 0 radical (unpaired) electrons. The van der Waals surface area contributed by atoms with Gasteiger partial charge in [0.1, 0.15) is 5.75 Å². The maximum atomic E-state index is 12.5. The molecule has 2 amide bonds. The number of anilines is 1. The lowest BCUT2D eigenvalue weighted by Gasteiger charge is -2.33. The lowest BCUT2D eigenvalue weighted by molar-refractivity contribution is -0.126. The smallest absolute Gasteiger partial charge is 0.227 e. The lowest BCUT2D eigenvalue weighted by atomic mass is 10.1. The molecule has 2 aliphatic rings. The maximum Gasteiger partial charge on any atom is 0.227 e. The van der Waals surface area contributed by atoms with Gasteiger partial charge in [-0.2, -0.15) is 0 Å². The van der Waals surface area contributed by atoms with Crippen molar-refractivity contribution in [1.82, 2.24) is 15.1 Å². The van der Waals surface area contributed by atoms with Crippen molar-refractivity contribution in [3.63, 3.8) is 0 Å². The van der Waals surface area contributed by atoms with E-state index in [4.69, 9.17) is 4.74 Å². The molecular weight excluding hydrogens is 368 g/mol. The van der Waals surface area contributed by atoms with Crippen molar-refractivity contribution >= 4 is 17.5 Å². The van der Waals surface area contributed by atoms with E-state index in [0.717, 1.165) is 57.8 Å². The summed E-state index contributed by atoms with van der Waals surface area (Å²) < 4.78 is 5.35. The maximum absolute atomic E-state index is 12.5. The largest absolute Gasteiger partial charge is 0.495 e. The van der Waals surface area contributed by atoms with Crippen LogP contribution in [0.5, 0.6) is 5.75 Å². The van der Waals surface area contributed by atoms with Gasteiger partial charge >= 0.3 is 0 Å². The predicted octanol–water partition coefficient (Wildman–Crippen LogP) is 1.58. The molecule has 0 aromatic heterocycles. The first-order valence-electron chi connectivity index (χ1n) is 10.8. The van der Waals surface area contributed by atoms with Gasteiger partial charge in [0.2, 0.25) is 11.8 Å². The van der Waals surface area contributed by atoms with Crippen LogP contribution in [0.1, 0.15) is 26.2 Å². The van der Waals surface area contributed by atoms with Gasteiger partial charge in [0.15, 0.2) is 0 Å². The highest BCUT2D eigenvalue weighted by atomic mass is 16.5. The minimum atomic E-state index is -0.297.